The van der Waals surface area contributed by atoms with Gasteiger partial charge in [-0.2, -0.15) is 0 Å². The molecule has 0 saturated carbocycles. The van der Waals surface area contributed by atoms with Gasteiger partial charge in [0.15, 0.2) is 0 Å². The van der Waals surface area contributed by atoms with Gasteiger partial charge in [-0.1, -0.05) is 13.2 Å². The van der Waals surface area contributed by atoms with Gasteiger partial charge in [0.25, 0.3) is 0 Å². The Kier molecular flexibility index (Phi) is 10.6. The van der Waals surface area contributed by atoms with E-state index in [2.05, 4.69) is 13.2 Å². The number of carbonyl (C=O) groups is 2. The second-order valence-electron chi connectivity index (χ2n) is 5.22. The lowest BCUT2D eigenvalue weighted by molar-refractivity contribution is -0.890. The van der Waals surface area contributed by atoms with E-state index in [-0.39, 0.29) is 35.9 Å². The van der Waals surface area contributed by atoms with Crippen LogP contribution >= 0.6 is 0 Å². The highest BCUT2D eigenvalue weighted by Crippen LogP contribution is 2.00. The molecule has 116 valence electrons. The SMILES string of the molecule is C=C(C)C(=O)OCC[N+](C)(C)CCOC(=O)C(=C)C.[I-]. The molecular formula is C14H24INO4. The molecule has 5 nitrogen and oxygen atoms in total. The monoisotopic (exact) mass is 397 g/mol. The van der Waals surface area contributed by atoms with Crippen molar-refractivity contribution in [1.29, 1.82) is 0 Å². The summed E-state index contributed by atoms with van der Waals surface area (Å²) < 4.78 is 10.6. The number of hydrogen-bond donors (Lipinski definition) is 0. The topological polar surface area (TPSA) is 52.6 Å². The summed E-state index contributed by atoms with van der Waals surface area (Å²) in [6.45, 7) is 12.2. The van der Waals surface area contributed by atoms with Crippen molar-refractivity contribution in [1.82, 2.24) is 0 Å². The van der Waals surface area contributed by atoms with E-state index >= 15 is 0 Å². The first-order valence-corrected chi connectivity index (χ1v) is 6.13. The second-order valence-corrected chi connectivity index (χ2v) is 5.22. The van der Waals surface area contributed by atoms with Gasteiger partial charge in [-0.25, -0.2) is 9.59 Å². The highest BCUT2D eigenvalue weighted by atomic mass is 127. The fourth-order valence-corrected chi connectivity index (χ4v) is 1.13. The summed E-state index contributed by atoms with van der Waals surface area (Å²) in [6, 6.07) is 0. The molecule has 0 atom stereocenters. The van der Waals surface area contributed by atoms with Crippen molar-refractivity contribution in [2.75, 3.05) is 40.4 Å². The molecule has 0 rings (SSSR count). The minimum Gasteiger partial charge on any atom is -1.00 e. The number of esters is 2. The van der Waals surface area contributed by atoms with Gasteiger partial charge >= 0.3 is 11.9 Å². The largest absolute Gasteiger partial charge is 1.00 e. The van der Waals surface area contributed by atoms with E-state index in [1.165, 1.54) is 0 Å². The van der Waals surface area contributed by atoms with Crippen LogP contribution in [0.5, 0.6) is 0 Å². The van der Waals surface area contributed by atoms with Crippen LogP contribution in [0.3, 0.4) is 0 Å². The van der Waals surface area contributed by atoms with E-state index in [9.17, 15) is 9.59 Å². The Morgan fingerprint density at radius 3 is 1.45 bits per heavy atom. The maximum Gasteiger partial charge on any atom is 0.333 e. The Morgan fingerprint density at radius 2 is 1.20 bits per heavy atom. The predicted molar refractivity (Wildman–Crippen MR) is 73.4 cm³/mol. The van der Waals surface area contributed by atoms with Gasteiger partial charge in [0.2, 0.25) is 0 Å². The van der Waals surface area contributed by atoms with Crippen molar-refractivity contribution in [3.05, 3.63) is 24.3 Å². The molecule has 0 saturated heterocycles. The molecule has 0 aromatic heterocycles. The average molecular weight is 397 g/mol. The molecule has 0 aliphatic rings. The molecule has 0 N–H and O–H groups in total. The van der Waals surface area contributed by atoms with E-state index in [4.69, 9.17) is 9.47 Å². The summed E-state index contributed by atoms with van der Waals surface area (Å²) in [5, 5.41) is 0. The van der Waals surface area contributed by atoms with Crippen molar-refractivity contribution in [2.24, 2.45) is 0 Å². The fourth-order valence-electron chi connectivity index (χ4n) is 1.13. The van der Waals surface area contributed by atoms with Crippen molar-refractivity contribution >= 4 is 11.9 Å². The Morgan fingerprint density at radius 1 is 0.900 bits per heavy atom. The highest BCUT2D eigenvalue weighted by Gasteiger charge is 2.17. The fraction of sp³-hybridized carbons (Fsp3) is 0.571. The predicted octanol–water partition coefficient (Wildman–Crippen LogP) is -1.69. The number of rotatable bonds is 8. The van der Waals surface area contributed by atoms with Gasteiger partial charge in [-0.3, -0.25) is 0 Å². The molecule has 0 unspecified atom stereocenters. The quantitative estimate of drug-likeness (QED) is 0.212. The van der Waals surface area contributed by atoms with Crippen LogP contribution in [-0.4, -0.2) is 56.8 Å². The van der Waals surface area contributed by atoms with Crippen LogP contribution in [-0.2, 0) is 19.1 Å². The smallest absolute Gasteiger partial charge is 0.333 e. The van der Waals surface area contributed by atoms with Crippen LogP contribution in [0.15, 0.2) is 24.3 Å². The lowest BCUT2D eigenvalue weighted by Gasteiger charge is -2.29. The number of likely N-dealkylation sites (N-methyl/N-ethyl adjacent to an activating group) is 1. The van der Waals surface area contributed by atoms with E-state index in [1.807, 2.05) is 14.1 Å². The molecule has 0 bridgehead atoms. The molecule has 0 radical (unpaired) electrons. The normalized spacial score (nSPS) is 10.2. The van der Waals surface area contributed by atoms with Crippen molar-refractivity contribution in [2.45, 2.75) is 13.8 Å². The van der Waals surface area contributed by atoms with Gasteiger partial charge in [0, 0.05) is 11.1 Å². The summed E-state index contributed by atoms with van der Waals surface area (Å²) in [4.78, 5) is 22.4. The molecule has 0 aliphatic heterocycles. The maximum atomic E-state index is 11.2. The van der Waals surface area contributed by atoms with E-state index in [0.29, 0.717) is 41.9 Å². The number of carbonyl (C=O) groups excluding carboxylic acids is 2. The lowest BCUT2D eigenvalue weighted by Crippen LogP contribution is -3.00. The third kappa shape index (κ3) is 9.96. The molecule has 0 amide bonds. The minimum atomic E-state index is -0.381. The zero-order chi connectivity index (χ0) is 15.1. The summed E-state index contributed by atoms with van der Waals surface area (Å²) in [5.41, 5.74) is 0.779. The summed E-state index contributed by atoms with van der Waals surface area (Å²) in [5.74, 6) is -0.762. The van der Waals surface area contributed by atoms with Crippen LogP contribution in [0.25, 0.3) is 0 Å². The minimum absolute atomic E-state index is 0. The average Bonchev–Trinajstić information content (AvgIpc) is 2.27. The maximum absolute atomic E-state index is 11.2. The zero-order valence-electron chi connectivity index (χ0n) is 12.7. The van der Waals surface area contributed by atoms with Gasteiger partial charge < -0.3 is 37.9 Å². The lowest BCUT2D eigenvalue weighted by atomic mass is 10.3. The molecule has 0 aromatic carbocycles. The summed E-state index contributed by atoms with van der Waals surface area (Å²) in [7, 11) is 3.95. The summed E-state index contributed by atoms with van der Waals surface area (Å²) in [6.07, 6.45) is 0. The second kappa shape index (κ2) is 9.93. The van der Waals surface area contributed by atoms with Crippen LogP contribution in [0.2, 0.25) is 0 Å². The molecule has 0 aromatic rings. The summed E-state index contributed by atoms with van der Waals surface area (Å²) >= 11 is 0. The molecule has 0 aliphatic carbocycles. The van der Waals surface area contributed by atoms with E-state index in [0.717, 1.165) is 0 Å². The van der Waals surface area contributed by atoms with E-state index < -0.39 is 0 Å². The number of halogens is 1. The van der Waals surface area contributed by atoms with Crippen molar-refractivity contribution in [3.8, 4) is 0 Å². The van der Waals surface area contributed by atoms with Crippen LogP contribution < -0.4 is 24.0 Å². The van der Waals surface area contributed by atoms with E-state index in [1.54, 1.807) is 13.8 Å². The first kappa shape index (κ1) is 21.4. The Bertz CT molecular complexity index is 343. The molecule has 0 spiro atoms. The van der Waals surface area contributed by atoms with Gasteiger partial charge in [-0.15, -0.1) is 0 Å². The Balaban J connectivity index is 0. The standard InChI is InChI=1S/C14H24NO4.HI/c1-11(2)13(16)18-9-7-15(5,6)8-10-19-14(17)12(3)4;/h1,3,7-10H2,2,4-6H3;1H/q+1;/p-1. The number of nitrogens with zero attached hydrogens (tertiary/aromatic N) is 1. The first-order valence-electron chi connectivity index (χ1n) is 6.13. The van der Waals surface area contributed by atoms with Gasteiger partial charge in [-0.05, 0) is 13.8 Å². The Hall–Kier alpha value is -0.890. The van der Waals surface area contributed by atoms with Crippen molar-refractivity contribution in [3.63, 3.8) is 0 Å². The third-order valence-corrected chi connectivity index (χ3v) is 2.56. The van der Waals surface area contributed by atoms with Crippen LogP contribution in [0, 0.1) is 0 Å². The molecular weight excluding hydrogens is 373 g/mol. The zero-order valence-corrected chi connectivity index (χ0v) is 14.9. The highest BCUT2D eigenvalue weighted by molar-refractivity contribution is 5.87. The molecule has 20 heavy (non-hydrogen) atoms. The number of ether oxygens (including phenoxy) is 2. The number of quaternary nitrogens is 1. The molecule has 0 fully saturated rings. The molecule has 6 heteroatoms. The Labute approximate surface area is 138 Å². The van der Waals surface area contributed by atoms with Gasteiger partial charge in [0.05, 0.1) is 14.1 Å². The number of hydrogen-bond acceptors (Lipinski definition) is 4. The van der Waals surface area contributed by atoms with Crippen LogP contribution in [0.1, 0.15) is 13.8 Å². The molecule has 0 heterocycles. The van der Waals surface area contributed by atoms with Gasteiger partial charge in [0.1, 0.15) is 26.3 Å². The van der Waals surface area contributed by atoms with Crippen molar-refractivity contribution < 1.29 is 47.5 Å². The first-order chi connectivity index (χ1) is 8.65. The third-order valence-electron chi connectivity index (χ3n) is 2.56. The van der Waals surface area contributed by atoms with Crippen LogP contribution in [0.4, 0.5) is 0 Å².